The van der Waals surface area contributed by atoms with Gasteiger partial charge in [0, 0.05) is 5.56 Å². The second-order valence-electron chi connectivity index (χ2n) is 2.02. The number of hydrogen-bond acceptors (Lipinski definition) is 2. The van der Waals surface area contributed by atoms with E-state index in [1.807, 2.05) is 0 Å². The van der Waals surface area contributed by atoms with Crippen LogP contribution in [0.15, 0.2) is 24.3 Å². The predicted molar refractivity (Wildman–Crippen MR) is 39.7 cm³/mol. The van der Waals surface area contributed by atoms with Gasteiger partial charge in [-0.3, -0.25) is 4.79 Å². The van der Waals surface area contributed by atoms with E-state index in [9.17, 15) is 9.18 Å². The maximum Gasteiger partial charge on any atom is 1.00 e. The maximum atomic E-state index is 12.3. The van der Waals surface area contributed by atoms with Gasteiger partial charge in [-0.2, -0.15) is 0 Å². The third-order valence-corrected chi connectivity index (χ3v) is 1.24. The zero-order valence-electron chi connectivity index (χ0n) is 6.99. The van der Waals surface area contributed by atoms with Gasteiger partial charge in [-0.25, -0.2) is 4.39 Å². The quantitative estimate of drug-likeness (QED) is 0.425. The Balaban J connectivity index is 0.00000144. The van der Waals surface area contributed by atoms with Gasteiger partial charge >= 0.3 is 51.4 Å². The fraction of sp³-hybridized carbons (Fsp3) is 0. The van der Waals surface area contributed by atoms with Crippen molar-refractivity contribution in [1.82, 2.24) is 0 Å². The average Bonchev–Trinajstić information content (AvgIpc) is 2.06. The molecule has 1 amide bonds. The number of benzene rings is 1. The van der Waals surface area contributed by atoms with Crippen LogP contribution in [0, 0.1) is 17.3 Å². The normalized spacial score (nSPS) is 8.00. The number of hydrogen-bond donors (Lipinski definition) is 0. The van der Waals surface area contributed by atoms with Crippen molar-refractivity contribution in [2.75, 3.05) is 0 Å². The minimum Gasteiger partial charge on any atom is -0.494 e. The van der Waals surface area contributed by atoms with E-state index in [2.05, 4.69) is 5.32 Å². The molecule has 0 heterocycles. The Hall–Kier alpha value is -0.254. The van der Waals surface area contributed by atoms with Crippen LogP contribution in [0.1, 0.15) is 10.4 Å². The Morgan fingerprint density at radius 1 is 1.38 bits per heavy atom. The molecule has 60 valence electrons. The Labute approximate surface area is 117 Å². The Morgan fingerprint density at radius 2 is 1.92 bits per heavy atom. The minimum atomic E-state index is -0.655. The van der Waals surface area contributed by atoms with E-state index in [-0.39, 0.29) is 56.9 Å². The van der Waals surface area contributed by atoms with Crippen molar-refractivity contribution in [3.63, 3.8) is 0 Å². The summed E-state index contributed by atoms with van der Waals surface area (Å²) in [5.41, 5.74) is 0.206. The molecule has 0 radical (unpaired) electrons. The van der Waals surface area contributed by atoms with Gasteiger partial charge in [0.2, 0.25) is 0 Å². The molecule has 0 saturated heterocycles. The molecule has 0 aromatic heterocycles. The zero-order chi connectivity index (χ0) is 8.97. The van der Waals surface area contributed by atoms with Gasteiger partial charge in [0.1, 0.15) is 5.82 Å². The van der Waals surface area contributed by atoms with E-state index < -0.39 is 11.7 Å². The second kappa shape index (κ2) is 6.24. The largest absolute Gasteiger partial charge is 1.00 e. The number of carbonyl (C=O) groups excluding carboxylic acids is 1. The molecule has 13 heavy (non-hydrogen) atoms. The van der Waals surface area contributed by atoms with Crippen molar-refractivity contribution in [2.45, 2.75) is 0 Å². The summed E-state index contributed by atoms with van der Waals surface area (Å²) in [5, 5.41) is 11.0. The van der Waals surface area contributed by atoms with Crippen molar-refractivity contribution >= 4 is 5.91 Å². The van der Waals surface area contributed by atoms with E-state index >= 15 is 0 Å². The predicted octanol–water partition coefficient (Wildman–Crippen LogP) is -1.18. The molecule has 1 aromatic carbocycles. The van der Waals surface area contributed by atoms with Crippen LogP contribution in [0.5, 0.6) is 0 Å². The zero-order valence-corrected chi connectivity index (χ0v) is 10.1. The molecule has 0 aliphatic rings. The fourth-order valence-electron chi connectivity index (χ4n) is 0.702. The molecule has 3 nitrogen and oxygen atoms in total. The molecular formula is C8H4FKN2O. The smallest absolute Gasteiger partial charge is 0.494 e. The van der Waals surface area contributed by atoms with Gasteiger partial charge in [-0.1, -0.05) is 6.19 Å². The summed E-state index contributed by atoms with van der Waals surface area (Å²) in [5.74, 6) is -1.08. The topological polar surface area (TPSA) is 55.0 Å². The first-order chi connectivity index (χ1) is 5.74. The number of carbonyl (C=O) groups is 1. The number of amides is 1. The summed E-state index contributed by atoms with van der Waals surface area (Å²) in [6.45, 7) is 0. The Bertz CT molecular complexity index is 331. The monoisotopic (exact) mass is 202 g/mol. The molecule has 0 aliphatic heterocycles. The summed E-state index contributed by atoms with van der Waals surface area (Å²) in [4.78, 5) is 10.8. The first-order valence-corrected chi connectivity index (χ1v) is 3.14. The van der Waals surface area contributed by atoms with Gasteiger partial charge in [0.05, 0.1) is 0 Å². The van der Waals surface area contributed by atoms with Crippen LogP contribution >= 0.6 is 0 Å². The van der Waals surface area contributed by atoms with Crippen LogP contribution in [0.2, 0.25) is 0 Å². The third-order valence-electron chi connectivity index (χ3n) is 1.24. The van der Waals surface area contributed by atoms with Gasteiger partial charge in [-0.05, 0) is 24.3 Å². The summed E-state index contributed by atoms with van der Waals surface area (Å²) < 4.78 is 12.3. The molecule has 0 bridgehead atoms. The number of rotatable bonds is 1. The molecular weight excluding hydrogens is 198 g/mol. The molecule has 0 atom stereocenters. The molecule has 0 aliphatic carbocycles. The minimum absolute atomic E-state index is 0. The molecule has 0 N–H and O–H groups in total. The number of nitrogens with zero attached hydrogens (tertiary/aromatic N) is 2. The molecule has 0 saturated carbocycles. The molecule has 0 spiro atoms. The van der Waals surface area contributed by atoms with Crippen molar-refractivity contribution in [3.05, 3.63) is 41.0 Å². The average molecular weight is 202 g/mol. The molecule has 1 aromatic rings. The standard InChI is InChI=1S/C8H5FN2O.K/c9-7-3-1-6(2-4-7)8(12)11-5-10;/h1-4H,(H,11,12);/q;+1/p-1. The first kappa shape index (κ1) is 12.7. The molecule has 0 unspecified atom stereocenters. The summed E-state index contributed by atoms with van der Waals surface area (Å²) in [6.07, 6.45) is 1.36. The molecule has 0 fully saturated rings. The van der Waals surface area contributed by atoms with Crippen LogP contribution in [0.25, 0.3) is 5.32 Å². The number of halogens is 1. The summed E-state index contributed by atoms with van der Waals surface area (Å²) in [7, 11) is 0. The van der Waals surface area contributed by atoms with Gasteiger partial charge < -0.3 is 10.6 Å². The van der Waals surface area contributed by atoms with Gasteiger partial charge in [0.15, 0.2) is 5.91 Å². The second-order valence-corrected chi connectivity index (χ2v) is 2.02. The van der Waals surface area contributed by atoms with Gasteiger partial charge in [-0.15, -0.1) is 0 Å². The van der Waals surface area contributed by atoms with Crippen LogP contribution in [0.4, 0.5) is 4.39 Å². The van der Waals surface area contributed by atoms with E-state index in [4.69, 9.17) is 5.26 Å². The van der Waals surface area contributed by atoms with Crippen LogP contribution < -0.4 is 51.4 Å². The molecule has 1 rings (SSSR count). The third kappa shape index (κ3) is 3.98. The van der Waals surface area contributed by atoms with Crippen LogP contribution in [-0.2, 0) is 0 Å². The van der Waals surface area contributed by atoms with Crippen molar-refractivity contribution in [1.29, 1.82) is 5.26 Å². The Kier molecular flexibility index (Phi) is 6.12. The van der Waals surface area contributed by atoms with E-state index in [0.717, 1.165) is 12.1 Å². The summed E-state index contributed by atoms with van der Waals surface area (Å²) in [6, 6.07) is 4.83. The Morgan fingerprint density at radius 3 is 2.38 bits per heavy atom. The van der Waals surface area contributed by atoms with E-state index in [0.29, 0.717) is 0 Å². The number of nitriles is 1. The maximum absolute atomic E-state index is 12.3. The summed E-state index contributed by atoms with van der Waals surface area (Å²) >= 11 is 0. The van der Waals surface area contributed by atoms with Crippen LogP contribution in [-0.4, -0.2) is 5.91 Å². The molecule has 5 heteroatoms. The van der Waals surface area contributed by atoms with Crippen LogP contribution in [0.3, 0.4) is 0 Å². The van der Waals surface area contributed by atoms with Crippen molar-refractivity contribution in [3.8, 4) is 6.19 Å². The first-order valence-electron chi connectivity index (χ1n) is 3.14. The van der Waals surface area contributed by atoms with E-state index in [1.165, 1.54) is 18.3 Å². The fourth-order valence-corrected chi connectivity index (χ4v) is 0.702. The SMILES string of the molecule is N#C[N-]C(=O)c1ccc(F)cc1.[K+]. The van der Waals surface area contributed by atoms with E-state index in [1.54, 1.807) is 0 Å². The van der Waals surface area contributed by atoms with Crippen molar-refractivity contribution in [2.24, 2.45) is 0 Å². The van der Waals surface area contributed by atoms with Gasteiger partial charge in [0.25, 0.3) is 0 Å². The van der Waals surface area contributed by atoms with Crippen molar-refractivity contribution < 1.29 is 60.6 Å².